The number of carboxylic acid groups (broad SMARTS) is 1. The predicted molar refractivity (Wildman–Crippen MR) is 137 cm³/mol. The monoisotopic (exact) mass is 529 g/mol. The Morgan fingerprint density at radius 3 is 2.08 bits per heavy atom. The van der Waals surface area contributed by atoms with Crippen LogP contribution in [-0.4, -0.2) is 68.8 Å². The van der Waals surface area contributed by atoms with Gasteiger partial charge in [-0.1, -0.05) is 44.2 Å². The van der Waals surface area contributed by atoms with Gasteiger partial charge in [-0.3, -0.25) is 19.2 Å². The van der Waals surface area contributed by atoms with E-state index in [0.717, 1.165) is 0 Å². The Labute approximate surface area is 220 Å². The van der Waals surface area contributed by atoms with Crippen molar-refractivity contribution in [3.8, 4) is 0 Å². The molecule has 13 nitrogen and oxygen atoms in total. The number of nitrogens with two attached hydrogens (primary N) is 2. The number of H-pyrrole nitrogens is 1. The number of nitrogens with one attached hydrogen (secondary N) is 4. The summed E-state index contributed by atoms with van der Waals surface area (Å²) in [6.45, 7) is 3.48. The second-order valence-electron chi connectivity index (χ2n) is 9.27. The molecule has 1 heterocycles. The maximum absolute atomic E-state index is 13.2. The first-order valence-electron chi connectivity index (χ1n) is 12.2. The van der Waals surface area contributed by atoms with E-state index in [9.17, 15) is 29.1 Å². The lowest BCUT2D eigenvalue weighted by molar-refractivity contribution is -0.142. The van der Waals surface area contributed by atoms with Crippen LogP contribution in [0.5, 0.6) is 0 Å². The van der Waals surface area contributed by atoms with E-state index in [4.69, 9.17) is 11.5 Å². The molecular weight excluding hydrogens is 494 g/mol. The van der Waals surface area contributed by atoms with E-state index in [0.29, 0.717) is 11.3 Å². The van der Waals surface area contributed by atoms with Crippen LogP contribution in [0.3, 0.4) is 0 Å². The zero-order valence-electron chi connectivity index (χ0n) is 21.3. The van der Waals surface area contributed by atoms with Crippen molar-refractivity contribution in [2.75, 3.05) is 0 Å². The summed E-state index contributed by atoms with van der Waals surface area (Å²) in [5, 5.41) is 17.2. The van der Waals surface area contributed by atoms with Gasteiger partial charge in [0.2, 0.25) is 23.6 Å². The number of aromatic amines is 1. The number of amides is 4. The molecule has 13 heteroatoms. The van der Waals surface area contributed by atoms with Crippen LogP contribution in [0, 0.1) is 5.92 Å². The number of carbonyl (C=O) groups is 5. The largest absolute Gasteiger partial charge is 0.480 e. The van der Waals surface area contributed by atoms with Gasteiger partial charge in [0.15, 0.2) is 0 Å². The maximum Gasteiger partial charge on any atom is 0.326 e. The molecule has 4 amide bonds. The van der Waals surface area contributed by atoms with Gasteiger partial charge in [-0.05, 0) is 17.9 Å². The van der Waals surface area contributed by atoms with Crippen LogP contribution in [0.15, 0.2) is 42.9 Å². The van der Waals surface area contributed by atoms with Crippen LogP contribution < -0.4 is 27.4 Å². The second kappa shape index (κ2) is 14.5. The molecule has 0 radical (unpaired) electrons. The van der Waals surface area contributed by atoms with E-state index in [1.54, 1.807) is 44.2 Å². The first-order valence-corrected chi connectivity index (χ1v) is 12.2. The van der Waals surface area contributed by atoms with Gasteiger partial charge in [0.05, 0.1) is 12.4 Å². The number of benzene rings is 1. The average Bonchev–Trinajstić information content (AvgIpc) is 3.38. The van der Waals surface area contributed by atoms with Crippen molar-refractivity contribution in [3.05, 3.63) is 54.1 Å². The van der Waals surface area contributed by atoms with Crippen molar-refractivity contribution in [3.63, 3.8) is 0 Å². The molecule has 0 fully saturated rings. The zero-order chi connectivity index (χ0) is 28.2. The Balaban J connectivity index is 2.22. The Bertz CT molecular complexity index is 1090. The summed E-state index contributed by atoms with van der Waals surface area (Å²) in [6, 6.07) is 4.16. The quantitative estimate of drug-likeness (QED) is 0.151. The van der Waals surface area contributed by atoms with Crippen molar-refractivity contribution in [1.29, 1.82) is 0 Å². The number of primary amides is 1. The SMILES string of the molecule is CC(C)C(N)C(=O)NC(CCC(N)=O)C(=O)NC(Cc1cnc[nH]1)C(=O)NC(Cc1ccccc1)C(=O)O. The third-order valence-corrected chi connectivity index (χ3v) is 5.84. The minimum Gasteiger partial charge on any atom is -0.480 e. The summed E-state index contributed by atoms with van der Waals surface area (Å²) < 4.78 is 0. The van der Waals surface area contributed by atoms with E-state index in [1.807, 2.05) is 0 Å². The summed E-state index contributed by atoms with van der Waals surface area (Å²) in [7, 11) is 0. The molecule has 4 atom stereocenters. The minimum atomic E-state index is -1.26. The first kappa shape index (κ1) is 30.0. The zero-order valence-corrected chi connectivity index (χ0v) is 21.3. The molecule has 0 aliphatic rings. The molecule has 1 aromatic carbocycles. The van der Waals surface area contributed by atoms with Crippen molar-refractivity contribution in [2.45, 2.75) is 63.7 Å². The minimum absolute atomic E-state index is 0.0248. The van der Waals surface area contributed by atoms with Crippen LogP contribution in [0.25, 0.3) is 0 Å². The number of hydrogen-bond donors (Lipinski definition) is 7. The fourth-order valence-corrected chi connectivity index (χ4v) is 3.55. The number of aliphatic carboxylic acids is 1. The third-order valence-electron chi connectivity index (χ3n) is 5.84. The molecule has 38 heavy (non-hydrogen) atoms. The maximum atomic E-state index is 13.2. The lowest BCUT2D eigenvalue weighted by Gasteiger charge is -2.25. The average molecular weight is 530 g/mol. The van der Waals surface area contributed by atoms with Crippen molar-refractivity contribution < 1.29 is 29.1 Å². The molecule has 0 aliphatic heterocycles. The molecule has 4 unspecified atom stereocenters. The molecule has 0 bridgehead atoms. The topological polar surface area (TPSA) is 222 Å². The summed E-state index contributed by atoms with van der Waals surface area (Å²) in [5.41, 5.74) is 12.3. The molecule has 1 aromatic heterocycles. The standard InChI is InChI=1S/C25H35N7O6/c1-14(2)21(27)24(36)30-17(8-9-20(26)33)22(34)31-18(11-16-12-28-13-29-16)23(35)32-19(25(37)38)10-15-6-4-3-5-7-15/h3-7,12-14,17-19,21H,8-11,27H2,1-2H3,(H2,26,33)(H,28,29)(H,30,36)(H,31,34)(H,32,35)(H,37,38). The summed E-state index contributed by atoms with van der Waals surface area (Å²) in [5.74, 6) is -4.26. The molecule has 2 aromatic rings. The smallest absolute Gasteiger partial charge is 0.326 e. The van der Waals surface area contributed by atoms with Crippen LogP contribution in [0.4, 0.5) is 0 Å². The van der Waals surface area contributed by atoms with Gasteiger partial charge in [-0.15, -0.1) is 0 Å². The fourth-order valence-electron chi connectivity index (χ4n) is 3.55. The number of nitrogens with zero attached hydrogens (tertiary/aromatic N) is 1. The number of imidazole rings is 1. The predicted octanol–water partition coefficient (Wildman–Crippen LogP) is -1.02. The number of hydrogen-bond acceptors (Lipinski definition) is 7. The number of carbonyl (C=O) groups excluding carboxylic acids is 4. The molecular formula is C25H35N7O6. The van der Waals surface area contributed by atoms with Crippen LogP contribution in [0.2, 0.25) is 0 Å². The Morgan fingerprint density at radius 1 is 0.921 bits per heavy atom. The van der Waals surface area contributed by atoms with E-state index in [-0.39, 0.29) is 31.6 Å². The van der Waals surface area contributed by atoms with Crippen molar-refractivity contribution in [1.82, 2.24) is 25.9 Å². The third kappa shape index (κ3) is 9.65. The highest BCUT2D eigenvalue weighted by molar-refractivity contribution is 5.94. The summed E-state index contributed by atoms with van der Waals surface area (Å²) in [4.78, 5) is 68.9. The lowest BCUT2D eigenvalue weighted by atomic mass is 10.0. The highest BCUT2D eigenvalue weighted by atomic mass is 16.4. The van der Waals surface area contributed by atoms with Gasteiger partial charge in [0.25, 0.3) is 0 Å². The van der Waals surface area contributed by atoms with E-state index < -0.39 is 53.8 Å². The summed E-state index contributed by atoms with van der Waals surface area (Å²) in [6.07, 6.45) is 2.50. The van der Waals surface area contributed by atoms with Crippen molar-refractivity contribution >= 4 is 29.6 Å². The molecule has 2 rings (SSSR count). The fraction of sp³-hybridized carbons (Fsp3) is 0.440. The Morgan fingerprint density at radius 2 is 1.53 bits per heavy atom. The molecule has 0 saturated carbocycles. The molecule has 9 N–H and O–H groups in total. The number of aromatic nitrogens is 2. The summed E-state index contributed by atoms with van der Waals surface area (Å²) >= 11 is 0. The van der Waals surface area contributed by atoms with E-state index in [1.165, 1.54) is 12.5 Å². The van der Waals surface area contributed by atoms with Gasteiger partial charge in [0.1, 0.15) is 18.1 Å². The van der Waals surface area contributed by atoms with Crippen LogP contribution >= 0.6 is 0 Å². The van der Waals surface area contributed by atoms with Crippen molar-refractivity contribution in [2.24, 2.45) is 17.4 Å². The van der Waals surface area contributed by atoms with Gasteiger partial charge in [-0.25, -0.2) is 9.78 Å². The Hall–Kier alpha value is -4.26. The highest BCUT2D eigenvalue weighted by Crippen LogP contribution is 2.07. The molecule has 206 valence electrons. The molecule has 0 aliphatic carbocycles. The Kier molecular flexibility index (Phi) is 11.4. The van der Waals surface area contributed by atoms with Gasteiger partial charge >= 0.3 is 5.97 Å². The van der Waals surface area contributed by atoms with Gasteiger partial charge < -0.3 is 37.5 Å². The number of carboxylic acids is 1. The molecule has 0 spiro atoms. The first-order chi connectivity index (χ1) is 18.0. The lowest BCUT2D eigenvalue weighted by Crippen LogP contribution is -2.58. The highest BCUT2D eigenvalue weighted by Gasteiger charge is 2.31. The van der Waals surface area contributed by atoms with Gasteiger partial charge in [0, 0.05) is 31.2 Å². The normalized spacial score (nSPS) is 14.1. The number of rotatable bonds is 15. The molecule has 0 saturated heterocycles. The van der Waals surface area contributed by atoms with Crippen LogP contribution in [-0.2, 0) is 36.8 Å². The van der Waals surface area contributed by atoms with Crippen LogP contribution in [0.1, 0.15) is 37.9 Å². The van der Waals surface area contributed by atoms with E-state index >= 15 is 0 Å². The van der Waals surface area contributed by atoms with Gasteiger partial charge in [-0.2, -0.15) is 0 Å². The van der Waals surface area contributed by atoms with E-state index in [2.05, 4.69) is 25.9 Å². The second-order valence-corrected chi connectivity index (χ2v) is 9.27.